The Morgan fingerprint density at radius 2 is 1.86 bits per heavy atom. The van der Waals surface area contributed by atoms with Crippen LogP contribution in [0.15, 0.2) is 41.4 Å². The Morgan fingerprint density at radius 1 is 1.14 bits per heavy atom. The van der Waals surface area contributed by atoms with E-state index in [1.54, 1.807) is 6.20 Å². The van der Waals surface area contributed by atoms with Gasteiger partial charge in [-0.1, -0.05) is 24.3 Å². The van der Waals surface area contributed by atoms with E-state index in [1.165, 1.54) is 30.2 Å². The quantitative estimate of drug-likeness (QED) is 0.622. The Labute approximate surface area is 178 Å². The Bertz CT molecular complexity index is 1180. The van der Waals surface area contributed by atoms with E-state index in [-0.39, 0.29) is 12.4 Å². The van der Waals surface area contributed by atoms with Gasteiger partial charge in [0.05, 0.1) is 10.4 Å². The lowest BCUT2D eigenvalue weighted by Gasteiger charge is -2.30. The lowest BCUT2D eigenvalue weighted by atomic mass is 10.00. The smallest absolute Gasteiger partial charge is 0.177 e. The van der Waals surface area contributed by atoms with Crippen LogP contribution in [0.25, 0.3) is 10.9 Å². The number of rotatable bonds is 4. The Morgan fingerprint density at radius 3 is 2.55 bits per heavy atom. The molecule has 0 unspecified atom stereocenters. The van der Waals surface area contributed by atoms with Gasteiger partial charge in [-0.2, -0.15) is 0 Å². The molecule has 5 nitrogen and oxygen atoms in total. The Hall–Kier alpha value is -2.05. The van der Waals surface area contributed by atoms with Gasteiger partial charge in [0.2, 0.25) is 0 Å². The third kappa shape index (κ3) is 3.53. The zero-order valence-electron chi connectivity index (χ0n) is 16.8. The third-order valence-electron chi connectivity index (χ3n) is 6.09. The molecule has 0 bridgehead atoms. The van der Waals surface area contributed by atoms with E-state index in [9.17, 15) is 8.42 Å². The van der Waals surface area contributed by atoms with Gasteiger partial charge in [-0.3, -0.25) is 0 Å². The van der Waals surface area contributed by atoms with E-state index < -0.39 is 9.84 Å². The lowest BCUT2D eigenvalue weighted by molar-refractivity contribution is 0.596. The van der Waals surface area contributed by atoms with E-state index in [4.69, 9.17) is 4.98 Å². The molecule has 7 heteroatoms. The molecule has 2 aromatic heterocycles. The summed E-state index contributed by atoms with van der Waals surface area (Å²) < 4.78 is 27.4. The van der Waals surface area contributed by atoms with Crippen molar-refractivity contribution in [3.05, 3.63) is 53.3 Å². The van der Waals surface area contributed by atoms with Crippen molar-refractivity contribution in [2.75, 3.05) is 17.7 Å². The van der Waals surface area contributed by atoms with Crippen molar-refractivity contribution >= 4 is 39.0 Å². The number of fused-ring (bicyclic) bond motifs is 2. The second-order valence-electron chi connectivity index (χ2n) is 8.21. The number of benzene rings is 1. The number of anilines is 1. The summed E-state index contributed by atoms with van der Waals surface area (Å²) in [4.78, 5) is 7.51. The monoisotopic (exact) mass is 431 g/mol. The fraction of sp³-hybridized carbons (Fsp3) is 0.409. The topological polar surface area (TPSA) is 55.2 Å². The molecule has 5 rings (SSSR count). The van der Waals surface area contributed by atoms with Crippen LogP contribution in [-0.2, 0) is 29.3 Å². The van der Waals surface area contributed by atoms with Crippen molar-refractivity contribution in [1.82, 2.24) is 9.55 Å². The van der Waals surface area contributed by atoms with Gasteiger partial charge in [-0.05, 0) is 49.3 Å². The molecule has 0 atom stereocenters. The first-order valence-corrected chi connectivity index (χ1v) is 11.8. The van der Waals surface area contributed by atoms with Gasteiger partial charge >= 0.3 is 0 Å². The predicted octanol–water partition coefficient (Wildman–Crippen LogP) is 4.14. The van der Waals surface area contributed by atoms with Crippen LogP contribution < -0.4 is 4.90 Å². The fourth-order valence-corrected chi connectivity index (χ4v) is 5.75. The largest absolute Gasteiger partial charge is 0.350 e. The van der Waals surface area contributed by atoms with E-state index in [0.717, 1.165) is 48.5 Å². The zero-order valence-corrected chi connectivity index (χ0v) is 18.4. The molecular weight excluding hydrogens is 406 g/mol. The molecule has 1 aliphatic carbocycles. The molecule has 1 aliphatic heterocycles. The second kappa shape index (κ2) is 7.33. The number of hydrogen-bond acceptors (Lipinski definition) is 4. The summed E-state index contributed by atoms with van der Waals surface area (Å²) in [5, 5.41) is 0.810. The fourth-order valence-electron chi connectivity index (χ4n) is 4.54. The van der Waals surface area contributed by atoms with Crippen LogP contribution in [0, 0.1) is 12.8 Å². The highest BCUT2D eigenvalue weighted by molar-refractivity contribution is 7.91. The minimum Gasteiger partial charge on any atom is -0.350 e. The second-order valence-corrected chi connectivity index (χ2v) is 10.2. The number of halogens is 1. The third-order valence-corrected chi connectivity index (χ3v) is 7.35. The maximum atomic E-state index is 12.6. The standard InChI is InChI=1S/C22H25N3O2S.ClH/c1-15-21(28(2,26)27)19-9-11-23-22(20(19)25(15)13-16-7-8-16)24-12-10-17-5-3-4-6-18(17)14-24;/h3-6,9,11,16H,7-8,10,12-14H2,1-2H3;1H. The highest BCUT2D eigenvalue weighted by Crippen LogP contribution is 2.39. The normalized spacial score (nSPS) is 16.6. The van der Waals surface area contributed by atoms with Gasteiger partial charge < -0.3 is 9.47 Å². The van der Waals surface area contributed by atoms with Crippen molar-refractivity contribution in [1.29, 1.82) is 0 Å². The molecule has 0 saturated heterocycles. The highest BCUT2D eigenvalue weighted by atomic mass is 35.5. The summed E-state index contributed by atoms with van der Waals surface area (Å²) in [7, 11) is -3.32. The van der Waals surface area contributed by atoms with E-state index in [0.29, 0.717) is 10.8 Å². The molecule has 0 N–H and O–H groups in total. The van der Waals surface area contributed by atoms with Crippen LogP contribution in [0.5, 0.6) is 0 Å². The van der Waals surface area contributed by atoms with Crippen LogP contribution >= 0.6 is 12.4 Å². The van der Waals surface area contributed by atoms with Crippen molar-refractivity contribution in [2.45, 2.75) is 44.2 Å². The van der Waals surface area contributed by atoms with Gasteiger partial charge in [0.15, 0.2) is 15.7 Å². The van der Waals surface area contributed by atoms with Crippen LogP contribution in [0.1, 0.15) is 29.7 Å². The number of nitrogens with zero attached hydrogens (tertiary/aromatic N) is 3. The van der Waals surface area contributed by atoms with Gasteiger partial charge in [0.25, 0.3) is 0 Å². The van der Waals surface area contributed by atoms with E-state index >= 15 is 0 Å². The number of sulfone groups is 1. The molecule has 0 amide bonds. The first-order chi connectivity index (χ1) is 13.4. The summed E-state index contributed by atoms with van der Waals surface area (Å²) in [6, 6.07) is 10.4. The zero-order chi connectivity index (χ0) is 19.5. The maximum absolute atomic E-state index is 12.6. The number of hydrogen-bond donors (Lipinski definition) is 0. The number of pyridine rings is 1. The van der Waals surface area contributed by atoms with Gasteiger partial charge in [0.1, 0.15) is 0 Å². The van der Waals surface area contributed by atoms with E-state index in [2.05, 4.69) is 33.7 Å². The summed E-state index contributed by atoms with van der Waals surface area (Å²) in [5.74, 6) is 1.56. The summed E-state index contributed by atoms with van der Waals surface area (Å²) >= 11 is 0. The van der Waals surface area contributed by atoms with Crippen LogP contribution in [0.4, 0.5) is 5.82 Å². The molecule has 29 heavy (non-hydrogen) atoms. The van der Waals surface area contributed by atoms with Crippen molar-refractivity contribution in [2.24, 2.45) is 5.92 Å². The summed E-state index contributed by atoms with van der Waals surface area (Å²) in [6.07, 6.45) is 6.50. The molecule has 0 radical (unpaired) electrons. The van der Waals surface area contributed by atoms with Crippen LogP contribution in [0.3, 0.4) is 0 Å². The summed E-state index contributed by atoms with van der Waals surface area (Å²) in [5.41, 5.74) is 4.54. The molecule has 1 aromatic carbocycles. The maximum Gasteiger partial charge on any atom is 0.177 e. The minimum absolute atomic E-state index is 0. The Balaban J connectivity index is 0.00000205. The molecule has 3 aromatic rings. The van der Waals surface area contributed by atoms with E-state index in [1.807, 2.05) is 13.0 Å². The Kier molecular flexibility index (Phi) is 5.11. The van der Waals surface area contributed by atoms with Gasteiger partial charge in [0, 0.05) is 43.2 Å². The molecule has 0 spiro atoms. The van der Waals surface area contributed by atoms with Gasteiger partial charge in [-0.15, -0.1) is 12.4 Å². The van der Waals surface area contributed by atoms with Crippen LogP contribution in [0.2, 0.25) is 0 Å². The average molecular weight is 432 g/mol. The SMILES string of the molecule is Cc1c(S(C)(=O)=O)c2ccnc(N3CCc4ccccc4C3)c2n1CC1CC1.Cl. The average Bonchev–Trinajstić information content (AvgIpc) is 3.44. The highest BCUT2D eigenvalue weighted by Gasteiger charge is 2.30. The lowest BCUT2D eigenvalue weighted by Crippen LogP contribution is -2.31. The predicted molar refractivity (Wildman–Crippen MR) is 119 cm³/mol. The molecule has 2 aliphatic rings. The molecular formula is C22H26ClN3O2S. The van der Waals surface area contributed by atoms with Crippen molar-refractivity contribution in [3.8, 4) is 0 Å². The first kappa shape index (κ1) is 20.2. The number of aromatic nitrogens is 2. The molecule has 1 fully saturated rings. The first-order valence-electron chi connectivity index (χ1n) is 9.93. The summed E-state index contributed by atoms with van der Waals surface area (Å²) in [6.45, 7) is 4.52. The van der Waals surface area contributed by atoms with Crippen LogP contribution in [-0.4, -0.2) is 30.8 Å². The van der Waals surface area contributed by atoms with Gasteiger partial charge in [-0.25, -0.2) is 13.4 Å². The molecule has 154 valence electrons. The molecule has 1 saturated carbocycles. The van der Waals surface area contributed by atoms with Crippen molar-refractivity contribution in [3.63, 3.8) is 0 Å². The molecule has 3 heterocycles. The minimum atomic E-state index is -3.32. The van der Waals surface area contributed by atoms with Crippen molar-refractivity contribution < 1.29 is 8.42 Å².